The Balaban J connectivity index is 1.87. The van der Waals surface area contributed by atoms with Crippen molar-refractivity contribution in [3.8, 4) is 0 Å². The van der Waals surface area contributed by atoms with Gasteiger partial charge in [0.25, 0.3) is 0 Å². The summed E-state index contributed by atoms with van der Waals surface area (Å²) in [5.74, 6) is 0.733. The molecule has 0 fully saturated rings. The molecule has 0 saturated heterocycles. The van der Waals surface area contributed by atoms with Crippen LogP contribution in [0.3, 0.4) is 0 Å². The normalized spacial score (nSPS) is 10.4. The van der Waals surface area contributed by atoms with Gasteiger partial charge in [-0.1, -0.05) is 18.2 Å². The van der Waals surface area contributed by atoms with Crippen molar-refractivity contribution in [3.05, 3.63) is 41.8 Å². The first-order chi connectivity index (χ1) is 10.3. The van der Waals surface area contributed by atoms with Crippen molar-refractivity contribution >= 4 is 11.8 Å². The van der Waals surface area contributed by atoms with Crippen molar-refractivity contribution in [3.63, 3.8) is 0 Å². The molecule has 0 bridgehead atoms. The van der Waals surface area contributed by atoms with Crippen molar-refractivity contribution in [2.45, 2.75) is 13.0 Å². The molecule has 0 saturated carbocycles. The molecule has 21 heavy (non-hydrogen) atoms. The summed E-state index contributed by atoms with van der Waals surface area (Å²) in [5, 5.41) is 13.8. The van der Waals surface area contributed by atoms with Crippen molar-refractivity contribution < 1.29 is 9.13 Å². The molecule has 0 unspecified atom stereocenters. The predicted molar refractivity (Wildman–Crippen MR) is 78.5 cm³/mol. The summed E-state index contributed by atoms with van der Waals surface area (Å²) < 4.78 is 18.5. The number of halogens is 1. The van der Waals surface area contributed by atoms with Crippen LogP contribution in [-0.2, 0) is 11.3 Å². The number of anilines is 2. The maximum Gasteiger partial charge on any atom is 0.244 e. The number of methoxy groups -OCH3 is 1. The first-order valence-electron chi connectivity index (χ1n) is 6.69. The maximum absolute atomic E-state index is 13.5. The highest BCUT2D eigenvalue weighted by Crippen LogP contribution is 2.10. The lowest BCUT2D eigenvalue weighted by Gasteiger charge is -2.08. The number of hydrogen-bond acceptors (Lipinski definition) is 6. The van der Waals surface area contributed by atoms with Crippen LogP contribution in [0.25, 0.3) is 0 Å². The van der Waals surface area contributed by atoms with E-state index in [9.17, 15) is 4.39 Å². The zero-order valence-electron chi connectivity index (χ0n) is 11.8. The van der Waals surface area contributed by atoms with E-state index in [2.05, 4.69) is 25.8 Å². The summed E-state index contributed by atoms with van der Waals surface area (Å²) >= 11 is 0. The number of benzene rings is 1. The second-order valence-corrected chi connectivity index (χ2v) is 4.38. The Morgan fingerprint density at radius 1 is 1.24 bits per heavy atom. The smallest absolute Gasteiger partial charge is 0.244 e. The van der Waals surface area contributed by atoms with Gasteiger partial charge in [-0.25, -0.2) is 4.39 Å². The summed E-state index contributed by atoms with van der Waals surface area (Å²) in [5.41, 5.74) is 0.575. The summed E-state index contributed by atoms with van der Waals surface area (Å²) in [6.07, 6.45) is 2.36. The lowest BCUT2D eigenvalue weighted by atomic mass is 10.2. The van der Waals surface area contributed by atoms with Gasteiger partial charge < -0.3 is 15.4 Å². The Morgan fingerprint density at radius 2 is 2.10 bits per heavy atom. The molecule has 0 aliphatic carbocycles. The van der Waals surface area contributed by atoms with Crippen LogP contribution in [0.4, 0.5) is 16.2 Å². The third-order valence-corrected chi connectivity index (χ3v) is 2.78. The van der Waals surface area contributed by atoms with Crippen LogP contribution in [0.15, 0.2) is 30.5 Å². The third-order valence-electron chi connectivity index (χ3n) is 2.78. The van der Waals surface area contributed by atoms with Crippen LogP contribution in [0.5, 0.6) is 0 Å². The quantitative estimate of drug-likeness (QED) is 0.725. The molecule has 7 heteroatoms. The van der Waals surface area contributed by atoms with Crippen molar-refractivity contribution in [2.75, 3.05) is 30.9 Å². The Bertz CT molecular complexity index is 567. The average molecular weight is 291 g/mol. The number of rotatable bonds is 8. The van der Waals surface area contributed by atoms with Gasteiger partial charge in [-0.05, 0) is 12.5 Å². The van der Waals surface area contributed by atoms with E-state index in [-0.39, 0.29) is 5.82 Å². The zero-order chi connectivity index (χ0) is 14.9. The van der Waals surface area contributed by atoms with E-state index in [1.165, 1.54) is 12.3 Å². The van der Waals surface area contributed by atoms with E-state index >= 15 is 0 Å². The summed E-state index contributed by atoms with van der Waals surface area (Å²) in [7, 11) is 1.66. The Labute approximate surface area is 122 Å². The topological polar surface area (TPSA) is 72.0 Å². The lowest BCUT2D eigenvalue weighted by Crippen LogP contribution is -2.10. The Kier molecular flexibility index (Phi) is 5.83. The van der Waals surface area contributed by atoms with Gasteiger partial charge in [0.15, 0.2) is 5.82 Å². The molecular weight excluding hydrogens is 273 g/mol. The summed E-state index contributed by atoms with van der Waals surface area (Å²) in [4.78, 5) is 4.26. The van der Waals surface area contributed by atoms with Crippen molar-refractivity contribution in [1.82, 2.24) is 15.2 Å². The van der Waals surface area contributed by atoms with Crippen molar-refractivity contribution in [2.24, 2.45) is 0 Å². The molecule has 112 valence electrons. The fourth-order valence-corrected chi connectivity index (χ4v) is 1.71. The van der Waals surface area contributed by atoms with Gasteiger partial charge in [0, 0.05) is 32.4 Å². The number of ether oxygens (including phenoxy) is 1. The highest BCUT2D eigenvalue weighted by molar-refractivity contribution is 5.38. The molecule has 6 nitrogen and oxygen atoms in total. The predicted octanol–water partition coefficient (Wildman–Crippen LogP) is 2.07. The summed E-state index contributed by atoms with van der Waals surface area (Å²) in [6, 6.07) is 6.60. The minimum absolute atomic E-state index is 0.245. The van der Waals surface area contributed by atoms with Crippen molar-refractivity contribution in [1.29, 1.82) is 0 Å². The molecule has 0 amide bonds. The average Bonchev–Trinajstić information content (AvgIpc) is 2.51. The molecule has 0 spiro atoms. The van der Waals surface area contributed by atoms with Gasteiger partial charge in [-0.2, -0.15) is 10.1 Å². The van der Waals surface area contributed by atoms with E-state index < -0.39 is 0 Å². The minimum Gasteiger partial charge on any atom is -0.385 e. The molecule has 0 aliphatic rings. The van der Waals surface area contributed by atoms with Crippen LogP contribution >= 0.6 is 0 Å². The molecule has 2 rings (SSSR count). The van der Waals surface area contributed by atoms with Crippen LogP contribution < -0.4 is 10.6 Å². The molecule has 1 heterocycles. The standard InChI is InChI=1S/C14H18FN5O/c1-21-8-4-7-16-14-19-13(10-18-20-14)17-9-11-5-2-3-6-12(11)15/h2-3,5-6,10H,4,7-9H2,1H3,(H2,16,17,19,20). The van der Waals surface area contributed by atoms with Gasteiger partial charge in [0.1, 0.15) is 5.82 Å². The van der Waals surface area contributed by atoms with E-state index in [4.69, 9.17) is 4.74 Å². The zero-order valence-corrected chi connectivity index (χ0v) is 11.8. The van der Waals surface area contributed by atoms with E-state index in [1.54, 1.807) is 25.3 Å². The van der Waals surface area contributed by atoms with Gasteiger partial charge >= 0.3 is 0 Å². The molecule has 0 radical (unpaired) electrons. The molecule has 0 aliphatic heterocycles. The first kappa shape index (κ1) is 15.1. The lowest BCUT2D eigenvalue weighted by molar-refractivity contribution is 0.197. The van der Waals surface area contributed by atoms with Crippen LogP contribution in [0.1, 0.15) is 12.0 Å². The van der Waals surface area contributed by atoms with Crippen LogP contribution in [-0.4, -0.2) is 35.4 Å². The monoisotopic (exact) mass is 291 g/mol. The Hall–Kier alpha value is -2.28. The molecule has 2 aromatic rings. The van der Waals surface area contributed by atoms with Crippen LogP contribution in [0.2, 0.25) is 0 Å². The molecule has 1 aromatic heterocycles. The molecule has 0 atom stereocenters. The largest absolute Gasteiger partial charge is 0.385 e. The maximum atomic E-state index is 13.5. The van der Waals surface area contributed by atoms with Gasteiger partial charge in [0.05, 0.1) is 6.20 Å². The van der Waals surface area contributed by atoms with Crippen LogP contribution in [0, 0.1) is 5.82 Å². The highest BCUT2D eigenvalue weighted by atomic mass is 19.1. The number of aromatic nitrogens is 3. The van der Waals surface area contributed by atoms with E-state index in [0.717, 1.165) is 6.42 Å². The third kappa shape index (κ3) is 4.96. The number of nitrogens with zero attached hydrogens (tertiary/aromatic N) is 3. The second-order valence-electron chi connectivity index (χ2n) is 4.38. The number of nitrogens with one attached hydrogen (secondary N) is 2. The molecule has 1 aromatic carbocycles. The van der Waals surface area contributed by atoms with Gasteiger partial charge in [-0.3, -0.25) is 0 Å². The second kappa shape index (κ2) is 8.11. The number of hydrogen-bond donors (Lipinski definition) is 2. The molecular formula is C14H18FN5O. The highest BCUT2D eigenvalue weighted by Gasteiger charge is 2.03. The minimum atomic E-state index is -0.245. The SMILES string of the molecule is COCCCNc1nncc(NCc2ccccc2F)n1. The van der Waals surface area contributed by atoms with Gasteiger partial charge in [0.2, 0.25) is 5.95 Å². The van der Waals surface area contributed by atoms with Gasteiger partial charge in [-0.15, -0.1) is 5.10 Å². The fourth-order valence-electron chi connectivity index (χ4n) is 1.71. The molecule has 2 N–H and O–H groups in total. The first-order valence-corrected chi connectivity index (χ1v) is 6.69. The summed E-state index contributed by atoms with van der Waals surface area (Å²) in [6.45, 7) is 1.71. The van der Waals surface area contributed by atoms with E-state index in [0.29, 0.717) is 37.0 Å². The van der Waals surface area contributed by atoms with E-state index in [1.807, 2.05) is 0 Å². The fraction of sp³-hybridized carbons (Fsp3) is 0.357. The Morgan fingerprint density at radius 3 is 2.90 bits per heavy atom.